The Balaban J connectivity index is 1.52. The maximum absolute atomic E-state index is 13.1. The standard InChI is InChI=1S/C29H31N5O2/c1-5-33(6-2)25-17-15-22(16-18-25)20-30-24-12-10-11-23(19-24)28(35)31-27-21(3)32(4)34(29(27)36)26-13-8-7-9-14-26/h7-20H,5-6H2,1-4H3,(H,31,35). The normalized spacial score (nSPS) is 11.1. The van der Waals surface area contributed by atoms with Crippen molar-refractivity contribution in [2.45, 2.75) is 20.8 Å². The largest absolute Gasteiger partial charge is 0.372 e. The molecule has 1 aromatic heterocycles. The van der Waals surface area contributed by atoms with Crippen molar-refractivity contribution < 1.29 is 4.79 Å². The third kappa shape index (κ3) is 5.15. The molecule has 0 aliphatic carbocycles. The number of benzene rings is 3. The topological polar surface area (TPSA) is 71.6 Å². The molecule has 0 bridgehead atoms. The van der Waals surface area contributed by atoms with Gasteiger partial charge in [0.1, 0.15) is 5.69 Å². The maximum atomic E-state index is 13.1. The molecule has 0 aliphatic rings. The molecule has 184 valence electrons. The van der Waals surface area contributed by atoms with Gasteiger partial charge < -0.3 is 10.2 Å². The highest BCUT2D eigenvalue weighted by Gasteiger charge is 2.19. The highest BCUT2D eigenvalue weighted by molar-refractivity contribution is 6.05. The molecule has 4 rings (SSSR count). The molecule has 7 nitrogen and oxygen atoms in total. The summed E-state index contributed by atoms with van der Waals surface area (Å²) in [5.74, 6) is -0.360. The van der Waals surface area contributed by atoms with E-state index in [1.165, 1.54) is 10.4 Å². The number of hydrogen-bond donors (Lipinski definition) is 1. The van der Waals surface area contributed by atoms with Gasteiger partial charge in [-0.15, -0.1) is 0 Å². The number of para-hydroxylation sites is 1. The van der Waals surface area contributed by atoms with E-state index in [1.54, 1.807) is 36.1 Å². The maximum Gasteiger partial charge on any atom is 0.295 e. The van der Waals surface area contributed by atoms with Gasteiger partial charge in [0.15, 0.2) is 0 Å². The Morgan fingerprint density at radius 2 is 1.67 bits per heavy atom. The molecule has 1 heterocycles. The minimum Gasteiger partial charge on any atom is -0.372 e. The van der Waals surface area contributed by atoms with Crippen molar-refractivity contribution >= 4 is 29.2 Å². The molecule has 0 saturated carbocycles. The number of hydrogen-bond acceptors (Lipinski definition) is 4. The average molecular weight is 482 g/mol. The number of aliphatic imine (C=N–C) groups is 1. The van der Waals surface area contributed by atoms with E-state index in [-0.39, 0.29) is 17.2 Å². The second kappa shape index (κ2) is 10.9. The Morgan fingerprint density at radius 1 is 0.972 bits per heavy atom. The highest BCUT2D eigenvalue weighted by Crippen LogP contribution is 2.19. The number of carbonyl (C=O) groups is 1. The highest BCUT2D eigenvalue weighted by atomic mass is 16.2. The molecule has 3 aromatic carbocycles. The summed E-state index contributed by atoms with van der Waals surface area (Å²) in [6.45, 7) is 8.01. The van der Waals surface area contributed by atoms with Crippen LogP contribution in [-0.4, -0.2) is 34.6 Å². The van der Waals surface area contributed by atoms with E-state index in [0.29, 0.717) is 16.9 Å². The van der Waals surface area contributed by atoms with Gasteiger partial charge in [0.05, 0.1) is 17.1 Å². The van der Waals surface area contributed by atoms with E-state index >= 15 is 0 Å². The molecule has 0 fully saturated rings. The van der Waals surface area contributed by atoms with Gasteiger partial charge in [-0.25, -0.2) is 4.68 Å². The Morgan fingerprint density at radius 3 is 2.33 bits per heavy atom. The fourth-order valence-corrected chi connectivity index (χ4v) is 4.13. The lowest BCUT2D eigenvalue weighted by molar-refractivity contribution is 0.102. The second-order valence-electron chi connectivity index (χ2n) is 8.46. The zero-order chi connectivity index (χ0) is 25.7. The van der Waals surface area contributed by atoms with E-state index in [1.807, 2.05) is 55.5 Å². The van der Waals surface area contributed by atoms with Crippen LogP contribution in [0.15, 0.2) is 88.6 Å². The van der Waals surface area contributed by atoms with Crippen LogP contribution in [0.25, 0.3) is 5.69 Å². The van der Waals surface area contributed by atoms with E-state index in [2.05, 4.69) is 41.2 Å². The van der Waals surface area contributed by atoms with E-state index in [0.717, 1.165) is 24.3 Å². The van der Waals surface area contributed by atoms with Gasteiger partial charge in [-0.3, -0.25) is 19.3 Å². The number of rotatable bonds is 8. The van der Waals surface area contributed by atoms with Crippen LogP contribution in [0.3, 0.4) is 0 Å². The van der Waals surface area contributed by atoms with Crippen LogP contribution >= 0.6 is 0 Å². The van der Waals surface area contributed by atoms with Gasteiger partial charge in [0, 0.05) is 37.6 Å². The molecule has 4 aromatic rings. The molecule has 0 radical (unpaired) electrons. The SMILES string of the molecule is CCN(CC)c1ccc(C=Nc2cccc(C(=O)Nc3c(C)n(C)n(-c4ccccc4)c3=O)c2)cc1. The third-order valence-electron chi connectivity index (χ3n) is 6.29. The zero-order valence-electron chi connectivity index (χ0n) is 21.1. The van der Waals surface area contributed by atoms with Crippen molar-refractivity contribution in [3.05, 3.63) is 106 Å². The van der Waals surface area contributed by atoms with Crippen molar-refractivity contribution in [3.63, 3.8) is 0 Å². The minimum atomic E-state index is -0.360. The van der Waals surface area contributed by atoms with Crippen LogP contribution in [0.5, 0.6) is 0 Å². The van der Waals surface area contributed by atoms with Crippen molar-refractivity contribution in [3.8, 4) is 5.69 Å². The van der Waals surface area contributed by atoms with E-state index in [9.17, 15) is 9.59 Å². The van der Waals surface area contributed by atoms with Crippen LogP contribution in [-0.2, 0) is 7.05 Å². The minimum absolute atomic E-state index is 0.258. The molecule has 0 saturated heterocycles. The second-order valence-corrected chi connectivity index (χ2v) is 8.46. The predicted octanol–water partition coefficient (Wildman–Crippen LogP) is 5.33. The van der Waals surface area contributed by atoms with E-state index < -0.39 is 0 Å². The quantitative estimate of drug-likeness (QED) is 0.346. The van der Waals surface area contributed by atoms with Gasteiger partial charge in [-0.1, -0.05) is 36.4 Å². The predicted molar refractivity (Wildman–Crippen MR) is 147 cm³/mol. The first-order valence-electron chi connectivity index (χ1n) is 12.1. The lowest BCUT2D eigenvalue weighted by atomic mass is 10.1. The Kier molecular flexibility index (Phi) is 7.49. The molecular weight excluding hydrogens is 450 g/mol. The number of nitrogens with zero attached hydrogens (tertiary/aromatic N) is 4. The summed E-state index contributed by atoms with van der Waals surface area (Å²) in [6, 6.07) is 24.6. The Labute approximate surface area is 211 Å². The zero-order valence-corrected chi connectivity index (χ0v) is 21.1. The van der Waals surface area contributed by atoms with Gasteiger partial charge in [0.2, 0.25) is 0 Å². The van der Waals surface area contributed by atoms with Crippen LogP contribution in [0.4, 0.5) is 17.1 Å². The molecular formula is C29H31N5O2. The smallest absolute Gasteiger partial charge is 0.295 e. The monoisotopic (exact) mass is 481 g/mol. The molecule has 0 unspecified atom stereocenters. The van der Waals surface area contributed by atoms with Crippen molar-refractivity contribution in [1.82, 2.24) is 9.36 Å². The summed E-state index contributed by atoms with van der Waals surface area (Å²) in [4.78, 5) is 33.0. The fraction of sp³-hybridized carbons (Fsp3) is 0.207. The van der Waals surface area contributed by atoms with Crippen LogP contribution in [0, 0.1) is 6.92 Å². The Bertz CT molecular complexity index is 1430. The molecule has 1 N–H and O–H groups in total. The lowest BCUT2D eigenvalue weighted by Crippen LogP contribution is -2.22. The number of aromatic nitrogens is 2. The van der Waals surface area contributed by atoms with Gasteiger partial charge in [0.25, 0.3) is 11.5 Å². The van der Waals surface area contributed by atoms with Crippen LogP contribution < -0.4 is 15.8 Å². The average Bonchev–Trinajstić information content (AvgIpc) is 3.12. The summed E-state index contributed by atoms with van der Waals surface area (Å²) in [5, 5.41) is 2.80. The molecule has 0 spiro atoms. The molecule has 1 amide bonds. The van der Waals surface area contributed by atoms with Gasteiger partial charge >= 0.3 is 0 Å². The Hall–Kier alpha value is -4.39. The summed E-state index contributed by atoms with van der Waals surface area (Å²) in [5.41, 5.74) is 4.61. The van der Waals surface area contributed by atoms with Crippen molar-refractivity contribution in [1.29, 1.82) is 0 Å². The summed E-state index contributed by atoms with van der Waals surface area (Å²) >= 11 is 0. The van der Waals surface area contributed by atoms with Crippen molar-refractivity contribution in [2.75, 3.05) is 23.3 Å². The number of anilines is 2. The number of nitrogens with one attached hydrogen (secondary N) is 1. The first kappa shape index (κ1) is 24.7. The van der Waals surface area contributed by atoms with Crippen LogP contribution in [0.1, 0.15) is 35.5 Å². The number of amides is 1. The first-order chi connectivity index (χ1) is 17.4. The summed E-state index contributed by atoms with van der Waals surface area (Å²) in [7, 11) is 1.79. The summed E-state index contributed by atoms with van der Waals surface area (Å²) in [6.07, 6.45) is 1.78. The molecule has 0 aliphatic heterocycles. The van der Waals surface area contributed by atoms with Gasteiger partial charge in [-0.05, 0) is 68.8 Å². The van der Waals surface area contributed by atoms with Crippen molar-refractivity contribution in [2.24, 2.45) is 12.0 Å². The van der Waals surface area contributed by atoms with Crippen LogP contribution in [0.2, 0.25) is 0 Å². The molecule has 7 heteroatoms. The molecule has 0 atom stereocenters. The fourth-order valence-electron chi connectivity index (χ4n) is 4.13. The molecule has 36 heavy (non-hydrogen) atoms. The summed E-state index contributed by atoms with van der Waals surface area (Å²) < 4.78 is 3.27. The van der Waals surface area contributed by atoms with Gasteiger partial charge in [-0.2, -0.15) is 0 Å². The lowest BCUT2D eigenvalue weighted by Gasteiger charge is -2.20. The number of carbonyl (C=O) groups excluding carboxylic acids is 1. The third-order valence-corrected chi connectivity index (χ3v) is 6.29. The first-order valence-corrected chi connectivity index (χ1v) is 12.1. The van der Waals surface area contributed by atoms with E-state index in [4.69, 9.17) is 0 Å².